The standard InChI is InChI=1S/C18H19ClN2O4S/c1-25-18(22)14-9-13(19)7-8-17(14)26(23,24)21-10-15(16(20)11-21)12-5-3-2-4-6-12/h2-9,15-16H,10-11,20H2,1H3/t15-,16+/m0/s1. The van der Waals surface area contributed by atoms with Gasteiger partial charge in [-0.15, -0.1) is 0 Å². The van der Waals surface area contributed by atoms with Crippen LogP contribution in [-0.2, 0) is 14.8 Å². The molecule has 2 atom stereocenters. The summed E-state index contributed by atoms with van der Waals surface area (Å²) >= 11 is 5.92. The van der Waals surface area contributed by atoms with Crippen molar-refractivity contribution in [2.75, 3.05) is 20.2 Å². The highest BCUT2D eigenvalue weighted by molar-refractivity contribution is 7.89. The first-order chi connectivity index (χ1) is 12.3. The minimum Gasteiger partial charge on any atom is -0.465 e. The van der Waals surface area contributed by atoms with Gasteiger partial charge in [0.1, 0.15) is 0 Å². The van der Waals surface area contributed by atoms with Crippen LogP contribution in [0.5, 0.6) is 0 Å². The van der Waals surface area contributed by atoms with Gasteiger partial charge in [-0.3, -0.25) is 0 Å². The van der Waals surface area contributed by atoms with Gasteiger partial charge in [0, 0.05) is 30.1 Å². The van der Waals surface area contributed by atoms with Gasteiger partial charge in [-0.1, -0.05) is 41.9 Å². The molecule has 0 saturated carbocycles. The Morgan fingerprint density at radius 3 is 2.54 bits per heavy atom. The van der Waals surface area contributed by atoms with E-state index in [0.717, 1.165) is 5.56 Å². The van der Waals surface area contributed by atoms with Gasteiger partial charge in [0.25, 0.3) is 0 Å². The molecule has 1 aliphatic rings. The van der Waals surface area contributed by atoms with Gasteiger partial charge in [0.05, 0.1) is 17.6 Å². The van der Waals surface area contributed by atoms with E-state index in [-0.39, 0.29) is 40.5 Å². The molecule has 0 spiro atoms. The number of carbonyl (C=O) groups is 1. The Hall–Kier alpha value is -1.93. The van der Waals surface area contributed by atoms with E-state index in [1.165, 1.54) is 29.6 Å². The second kappa shape index (κ2) is 7.36. The lowest BCUT2D eigenvalue weighted by Gasteiger charge is -2.18. The van der Waals surface area contributed by atoms with Gasteiger partial charge >= 0.3 is 5.97 Å². The average molecular weight is 395 g/mol. The average Bonchev–Trinajstić information content (AvgIpc) is 3.04. The van der Waals surface area contributed by atoms with Gasteiger partial charge in [-0.05, 0) is 23.8 Å². The van der Waals surface area contributed by atoms with E-state index in [2.05, 4.69) is 0 Å². The normalized spacial score (nSPS) is 20.9. The maximum absolute atomic E-state index is 13.1. The van der Waals surface area contributed by atoms with Crippen LogP contribution in [0.2, 0.25) is 5.02 Å². The second-order valence-corrected chi connectivity index (χ2v) is 8.48. The molecule has 0 unspecified atom stereocenters. The summed E-state index contributed by atoms with van der Waals surface area (Å²) in [4.78, 5) is 11.9. The summed E-state index contributed by atoms with van der Waals surface area (Å²) in [5.74, 6) is -0.867. The van der Waals surface area contributed by atoms with Crippen LogP contribution in [0.25, 0.3) is 0 Å². The van der Waals surface area contributed by atoms with Crippen LogP contribution in [0, 0.1) is 0 Å². The predicted molar refractivity (Wildman–Crippen MR) is 98.7 cm³/mol. The predicted octanol–water partition coefficient (Wildman–Crippen LogP) is 2.24. The van der Waals surface area contributed by atoms with E-state index in [9.17, 15) is 13.2 Å². The van der Waals surface area contributed by atoms with Crippen molar-refractivity contribution < 1.29 is 17.9 Å². The van der Waals surface area contributed by atoms with Crippen LogP contribution < -0.4 is 5.73 Å². The monoisotopic (exact) mass is 394 g/mol. The number of ether oxygens (including phenoxy) is 1. The summed E-state index contributed by atoms with van der Waals surface area (Å²) in [6.45, 7) is 0.419. The molecule has 0 amide bonds. The number of halogens is 1. The number of nitrogens with two attached hydrogens (primary N) is 1. The lowest BCUT2D eigenvalue weighted by atomic mass is 9.95. The van der Waals surface area contributed by atoms with Gasteiger partial charge < -0.3 is 10.5 Å². The highest BCUT2D eigenvalue weighted by atomic mass is 35.5. The molecule has 6 nitrogen and oxygen atoms in total. The fourth-order valence-electron chi connectivity index (χ4n) is 3.18. The van der Waals surface area contributed by atoms with Gasteiger partial charge in [-0.25, -0.2) is 13.2 Å². The Morgan fingerprint density at radius 1 is 1.19 bits per heavy atom. The SMILES string of the molecule is COC(=O)c1cc(Cl)ccc1S(=O)(=O)N1C[C@@H](N)[C@H](c2ccccc2)C1. The first-order valence-corrected chi connectivity index (χ1v) is 9.85. The van der Waals surface area contributed by atoms with Crippen molar-refractivity contribution in [3.8, 4) is 0 Å². The van der Waals surface area contributed by atoms with Crippen LogP contribution in [0.15, 0.2) is 53.4 Å². The molecule has 1 aliphatic heterocycles. The highest BCUT2D eigenvalue weighted by Gasteiger charge is 2.39. The number of methoxy groups -OCH3 is 1. The van der Waals surface area contributed by atoms with E-state index in [1.54, 1.807) is 0 Å². The number of sulfonamides is 1. The molecule has 1 saturated heterocycles. The first-order valence-electron chi connectivity index (χ1n) is 8.03. The quantitative estimate of drug-likeness (QED) is 0.803. The van der Waals surface area contributed by atoms with Crippen molar-refractivity contribution in [3.05, 3.63) is 64.7 Å². The summed E-state index contributed by atoms with van der Waals surface area (Å²) in [5, 5.41) is 0.254. The molecule has 0 bridgehead atoms. The number of rotatable bonds is 4. The zero-order valence-corrected chi connectivity index (χ0v) is 15.7. The van der Waals surface area contributed by atoms with Crippen LogP contribution in [0.3, 0.4) is 0 Å². The maximum Gasteiger partial charge on any atom is 0.339 e. The minimum absolute atomic E-state index is 0.0864. The van der Waals surface area contributed by atoms with Crippen LogP contribution in [0.1, 0.15) is 21.8 Å². The summed E-state index contributed by atoms with van der Waals surface area (Å²) in [5.41, 5.74) is 7.11. The molecule has 0 aromatic heterocycles. The third kappa shape index (κ3) is 3.48. The largest absolute Gasteiger partial charge is 0.465 e. The molecule has 1 fully saturated rings. The Morgan fingerprint density at radius 2 is 1.88 bits per heavy atom. The smallest absolute Gasteiger partial charge is 0.339 e. The summed E-state index contributed by atoms with van der Waals surface area (Å²) < 4.78 is 32.3. The van der Waals surface area contributed by atoms with E-state index < -0.39 is 16.0 Å². The molecule has 0 aliphatic carbocycles. The fourth-order valence-corrected chi connectivity index (χ4v) is 5.01. The number of hydrogen-bond acceptors (Lipinski definition) is 5. The van der Waals surface area contributed by atoms with Gasteiger partial charge in [0.15, 0.2) is 0 Å². The second-order valence-electron chi connectivity index (χ2n) is 6.14. The lowest BCUT2D eigenvalue weighted by molar-refractivity contribution is 0.0596. The number of hydrogen-bond donors (Lipinski definition) is 1. The maximum atomic E-state index is 13.1. The molecule has 26 heavy (non-hydrogen) atoms. The zero-order valence-electron chi connectivity index (χ0n) is 14.1. The van der Waals surface area contributed by atoms with Crippen molar-refractivity contribution in [1.82, 2.24) is 4.31 Å². The van der Waals surface area contributed by atoms with Crippen molar-refractivity contribution in [2.45, 2.75) is 16.9 Å². The molecular formula is C18H19ClN2O4S. The first kappa shape index (κ1) is 18.8. The molecule has 3 rings (SSSR count). The van der Waals surface area contributed by atoms with Crippen molar-refractivity contribution in [1.29, 1.82) is 0 Å². The molecule has 0 radical (unpaired) electrons. The molecular weight excluding hydrogens is 376 g/mol. The lowest BCUT2D eigenvalue weighted by Crippen LogP contribution is -2.33. The van der Waals surface area contributed by atoms with Crippen LogP contribution >= 0.6 is 11.6 Å². The van der Waals surface area contributed by atoms with Crippen LogP contribution in [0.4, 0.5) is 0 Å². The molecule has 2 aromatic carbocycles. The van der Waals surface area contributed by atoms with Gasteiger partial charge in [-0.2, -0.15) is 4.31 Å². The molecule has 138 valence electrons. The van der Waals surface area contributed by atoms with E-state index in [1.807, 2.05) is 30.3 Å². The third-order valence-electron chi connectivity index (χ3n) is 4.52. The van der Waals surface area contributed by atoms with Crippen molar-refractivity contribution >= 4 is 27.6 Å². The number of esters is 1. The fraction of sp³-hybridized carbons (Fsp3) is 0.278. The molecule has 8 heteroatoms. The molecule has 2 aromatic rings. The highest BCUT2D eigenvalue weighted by Crippen LogP contribution is 2.32. The topological polar surface area (TPSA) is 89.7 Å². The summed E-state index contributed by atoms with van der Waals surface area (Å²) in [6, 6.07) is 13.3. The zero-order chi connectivity index (χ0) is 18.9. The number of benzene rings is 2. The van der Waals surface area contributed by atoms with Gasteiger partial charge in [0.2, 0.25) is 10.0 Å². The Bertz CT molecular complexity index is 918. The Kier molecular flexibility index (Phi) is 5.34. The van der Waals surface area contributed by atoms with E-state index in [4.69, 9.17) is 22.1 Å². The van der Waals surface area contributed by atoms with E-state index in [0.29, 0.717) is 0 Å². The van der Waals surface area contributed by atoms with E-state index >= 15 is 0 Å². The third-order valence-corrected chi connectivity index (χ3v) is 6.65. The Labute approximate surface area is 157 Å². The molecule has 1 heterocycles. The van der Waals surface area contributed by atoms with Crippen LogP contribution in [-0.4, -0.2) is 44.9 Å². The van der Waals surface area contributed by atoms with Crippen molar-refractivity contribution in [2.24, 2.45) is 5.73 Å². The molecule has 2 N–H and O–H groups in total. The summed E-state index contributed by atoms with van der Waals surface area (Å²) in [6.07, 6.45) is 0. The minimum atomic E-state index is -3.92. The Balaban J connectivity index is 1.96. The van der Waals surface area contributed by atoms with Crippen molar-refractivity contribution in [3.63, 3.8) is 0 Å². The number of carbonyl (C=O) groups excluding carboxylic acids is 1. The number of nitrogens with zero attached hydrogens (tertiary/aromatic N) is 1. The summed E-state index contributed by atoms with van der Waals surface area (Å²) in [7, 11) is -2.73.